The fraction of sp³-hybridized carbons (Fsp3) is 0.235. The summed E-state index contributed by atoms with van der Waals surface area (Å²) < 4.78 is 49.1. The van der Waals surface area contributed by atoms with E-state index in [1.54, 1.807) is 26.0 Å². The molecule has 0 amide bonds. The lowest BCUT2D eigenvalue weighted by Gasteiger charge is -2.17. The number of carbonyl (C=O) groups excluding carboxylic acids is 2. The maximum Gasteiger partial charge on any atom is 0.438 e. The lowest BCUT2D eigenvalue weighted by molar-refractivity contribution is -2.00. The van der Waals surface area contributed by atoms with Crippen molar-refractivity contribution in [1.82, 2.24) is 0 Å². The summed E-state index contributed by atoms with van der Waals surface area (Å²) in [6.07, 6.45) is 0. The van der Waals surface area contributed by atoms with Gasteiger partial charge < -0.3 is 9.47 Å². The molecule has 0 aliphatic rings. The predicted molar refractivity (Wildman–Crippen MR) is 80.5 cm³/mol. The minimum absolute atomic E-state index is 0.0359. The Hall–Kier alpha value is -2.56. The third-order valence-corrected chi connectivity index (χ3v) is 2.85. The summed E-state index contributed by atoms with van der Waals surface area (Å²) in [7, 11) is -4.94. The second kappa shape index (κ2) is 10.6. The molecule has 1 heterocycles. The number of rotatable bonds is 5. The predicted octanol–water partition coefficient (Wildman–Crippen LogP) is -1.17. The Morgan fingerprint density at radius 2 is 1.26 bits per heavy atom. The summed E-state index contributed by atoms with van der Waals surface area (Å²) in [5.41, 5.74) is 1.53. The average Bonchev–Trinajstić information content (AvgIpc) is 2.61. The van der Waals surface area contributed by atoms with Gasteiger partial charge in [-0.15, -0.1) is 10.2 Å². The van der Waals surface area contributed by atoms with E-state index in [9.17, 15) is 9.59 Å². The second-order valence-corrected chi connectivity index (χ2v) is 5.52. The van der Waals surface area contributed by atoms with Crippen LogP contribution in [0.3, 0.4) is 0 Å². The summed E-state index contributed by atoms with van der Waals surface area (Å²) in [6.45, 7) is 3.84. The molecule has 0 saturated heterocycles. The van der Waals surface area contributed by atoms with Gasteiger partial charge in [-0.1, -0.05) is 30.3 Å². The van der Waals surface area contributed by atoms with E-state index in [0.29, 0.717) is 5.56 Å². The molecule has 0 N–H and O–H groups in total. The third-order valence-electron chi connectivity index (χ3n) is 2.85. The van der Waals surface area contributed by atoms with Gasteiger partial charge in [0.25, 0.3) is 0 Å². The van der Waals surface area contributed by atoms with Gasteiger partial charge in [-0.25, -0.2) is 28.2 Å². The SMILES string of the molecule is CCOC(=O)c1cc(-c2ccccc2)cc(C(=O)OCC)[o+]1.[O-][Cl+3]([O-])([O-])[O-]. The Morgan fingerprint density at radius 1 is 0.852 bits per heavy atom. The molecule has 0 bridgehead atoms. The van der Waals surface area contributed by atoms with Gasteiger partial charge in [0, 0.05) is 5.56 Å². The molecule has 1 aromatic heterocycles. The first-order valence-corrected chi connectivity index (χ1v) is 8.88. The van der Waals surface area contributed by atoms with Crippen LogP contribution in [0.4, 0.5) is 0 Å². The standard InChI is InChI=1S/C17H17O5.ClHO4/c1-3-20-16(18)14-10-13(12-8-6-5-7-9-12)11-15(22-14)17(19)21-4-2;2-1(3,4)5/h5-11H,3-4H2,1-2H3;(H,2,3,4,5)/q+1;/p-1. The summed E-state index contributed by atoms with van der Waals surface area (Å²) in [6, 6.07) is 12.5. The molecule has 27 heavy (non-hydrogen) atoms. The molecule has 2 aromatic rings. The first kappa shape index (κ1) is 22.5. The van der Waals surface area contributed by atoms with Crippen molar-refractivity contribution in [2.75, 3.05) is 13.2 Å². The zero-order valence-corrected chi connectivity index (χ0v) is 15.3. The number of hydrogen-bond donors (Lipinski definition) is 0. The summed E-state index contributed by atoms with van der Waals surface area (Å²) in [5, 5.41) is 0. The van der Waals surface area contributed by atoms with E-state index in [1.807, 2.05) is 30.3 Å². The highest BCUT2D eigenvalue weighted by Crippen LogP contribution is 2.23. The lowest BCUT2D eigenvalue weighted by Crippen LogP contribution is -2.68. The topological polar surface area (TPSA) is 156 Å². The van der Waals surface area contributed by atoms with Gasteiger partial charge in [0.05, 0.1) is 25.3 Å². The minimum Gasteiger partial charge on any atom is -0.456 e. The van der Waals surface area contributed by atoms with Gasteiger partial charge in [-0.3, -0.25) is 0 Å². The van der Waals surface area contributed by atoms with E-state index in [4.69, 9.17) is 32.5 Å². The fourth-order valence-corrected chi connectivity index (χ4v) is 1.90. The highest BCUT2D eigenvalue weighted by Gasteiger charge is 2.30. The minimum atomic E-state index is -4.94. The maximum absolute atomic E-state index is 11.9. The van der Waals surface area contributed by atoms with E-state index in [2.05, 4.69) is 0 Å². The molecule has 0 atom stereocenters. The number of esters is 2. The molecular weight excluding hydrogens is 384 g/mol. The van der Waals surface area contributed by atoms with E-state index in [0.717, 1.165) is 5.56 Å². The second-order valence-electron chi connectivity index (χ2n) is 4.76. The van der Waals surface area contributed by atoms with Crippen molar-refractivity contribution in [3.8, 4) is 11.1 Å². The van der Waals surface area contributed by atoms with E-state index in [-0.39, 0.29) is 24.7 Å². The van der Waals surface area contributed by atoms with Crippen LogP contribution in [-0.2, 0) is 9.47 Å². The molecule has 146 valence electrons. The molecule has 0 unspecified atom stereocenters. The van der Waals surface area contributed by atoms with Crippen LogP contribution in [0.25, 0.3) is 11.1 Å². The highest BCUT2D eigenvalue weighted by molar-refractivity contribution is 5.92. The third kappa shape index (κ3) is 8.58. The average molecular weight is 401 g/mol. The summed E-state index contributed by atoms with van der Waals surface area (Å²) in [4.78, 5) is 23.8. The van der Waals surface area contributed by atoms with Gasteiger partial charge in [-0.2, -0.15) is 4.42 Å². The molecule has 0 radical (unpaired) electrons. The number of ether oxygens (including phenoxy) is 2. The van der Waals surface area contributed by atoms with E-state index < -0.39 is 22.2 Å². The van der Waals surface area contributed by atoms with Crippen LogP contribution in [0.5, 0.6) is 0 Å². The molecule has 10 heteroatoms. The normalized spacial score (nSPS) is 10.4. The number of hydrogen-bond acceptors (Lipinski definition) is 8. The van der Waals surface area contributed by atoms with Gasteiger partial charge in [0.1, 0.15) is 0 Å². The van der Waals surface area contributed by atoms with Crippen molar-refractivity contribution in [2.45, 2.75) is 13.8 Å². The van der Waals surface area contributed by atoms with Crippen molar-refractivity contribution in [3.63, 3.8) is 0 Å². The first-order valence-electron chi connectivity index (χ1n) is 7.65. The zero-order chi connectivity index (χ0) is 20.4. The largest absolute Gasteiger partial charge is 0.456 e. The Balaban J connectivity index is 0.000000646. The van der Waals surface area contributed by atoms with Gasteiger partial charge in [0.15, 0.2) is 0 Å². The molecule has 2 rings (SSSR count). The molecule has 0 fully saturated rings. The van der Waals surface area contributed by atoms with Gasteiger partial charge >= 0.3 is 23.5 Å². The van der Waals surface area contributed by atoms with Crippen LogP contribution in [0, 0.1) is 10.2 Å². The molecule has 0 saturated carbocycles. The highest BCUT2D eigenvalue weighted by atomic mass is 35.7. The molecular formula is C17H17ClO9. The first-order chi connectivity index (χ1) is 12.7. The maximum atomic E-state index is 11.9. The Morgan fingerprint density at radius 3 is 1.63 bits per heavy atom. The molecule has 0 spiro atoms. The quantitative estimate of drug-likeness (QED) is 0.445. The number of carbonyl (C=O) groups is 2. The van der Waals surface area contributed by atoms with Crippen molar-refractivity contribution < 1.29 is 52.4 Å². The Bertz CT molecular complexity index is 714. The monoisotopic (exact) mass is 400 g/mol. The van der Waals surface area contributed by atoms with Crippen LogP contribution in [0.2, 0.25) is 0 Å². The van der Waals surface area contributed by atoms with Crippen molar-refractivity contribution in [2.24, 2.45) is 0 Å². The molecule has 9 nitrogen and oxygen atoms in total. The fourth-order valence-electron chi connectivity index (χ4n) is 1.90. The summed E-state index contributed by atoms with van der Waals surface area (Å²) in [5.74, 6) is -1.31. The molecule has 0 aliphatic heterocycles. The Kier molecular flexibility index (Phi) is 8.79. The van der Waals surface area contributed by atoms with E-state index >= 15 is 0 Å². The van der Waals surface area contributed by atoms with Gasteiger partial charge in [-0.05, 0) is 19.4 Å². The molecule has 1 aromatic carbocycles. The van der Waals surface area contributed by atoms with Crippen molar-refractivity contribution >= 4 is 11.9 Å². The van der Waals surface area contributed by atoms with Crippen LogP contribution >= 0.6 is 0 Å². The smallest absolute Gasteiger partial charge is 0.438 e. The van der Waals surface area contributed by atoms with Crippen LogP contribution in [-0.4, -0.2) is 25.2 Å². The van der Waals surface area contributed by atoms with Gasteiger partial charge in [0.2, 0.25) is 0 Å². The lowest BCUT2D eigenvalue weighted by atomic mass is 10.1. The molecule has 0 aliphatic carbocycles. The van der Waals surface area contributed by atoms with E-state index in [1.165, 1.54) is 0 Å². The van der Waals surface area contributed by atoms with Crippen LogP contribution in [0.15, 0.2) is 46.9 Å². The van der Waals surface area contributed by atoms with Crippen LogP contribution < -0.4 is 18.6 Å². The zero-order valence-electron chi connectivity index (χ0n) is 14.5. The number of halogens is 1. The van der Waals surface area contributed by atoms with Crippen molar-refractivity contribution in [1.29, 1.82) is 0 Å². The summed E-state index contributed by atoms with van der Waals surface area (Å²) >= 11 is 0. The number of benzene rings is 1. The van der Waals surface area contributed by atoms with Crippen molar-refractivity contribution in [3.05, 3.63) is 54.0 Å². The Labute approximate surface area is 157 Å². The van der Waals surface area contributed by atoms with Crippen LogP contribution in [0.1, 0.15) is 35.0 Å².